The monoisotopic (exact) mass is 352 g/mol. The van der Waals surface area contributed by atoms with Crippen LogP contribution in [-0.4, -0.2) is 39.8 Å². The molecule has 1 heterocycles. The van der Waals surface area contributed by atoms with Gasteiger partial charge in [0.15, 0.2) is 0 Å². The fourth-order valence-corrected chi connectivity index (χ4v) is 2.55. The van der Waals surface area contributed by atoms with Gasteiger partial charge in [0.05, 0.1) is 5.69 Å². The van der Waals surface area contributed by atoms with Crippen LogP contribution in [-0.2, 0) is 6.54 Å². The Labute approximate surface area is 153 Å². The highest BCUT2D eigenvalue weighted by Gasteiger charge is 2.10. The van der Waals surface area contributed by atoms with Crippen molar-refractivity contribution in [2.45, 2.75) is 19.9 Å². The molecule has 0 bridgehead atoms. The average molecular weight is 352 g/mol. The first-order valence-corrected chi connectivity index (χ1v) is 8.89. The zero-order chi connectivity index (χ0) is 18.0. The summed E-state index contributed by atoms with van der Waals surface area (Å²) in [7, 11) is 0. The smallest absolute Gasteiger partial charge is 0.345 e. The Bertz CT molecular complexity index is 789. The van der Waals surface area contributed by atoms with E-state index in [-0.39, 0.29) is 0 Å². The molecule has 1 aromatic heterocycles. The molecule has 0 saturated heterocycles. The molecule has 7 nitrogen and oxygen atoms in total. The molecule has 7 heteroatoms. The van der Waals surface area contributed by atoms with Gasteiger partial charge in [0.1, 0.15) is 5.75 Å². The molecule has 0 radical (unpaired) electrons. The Morgan fingerprint density at radius 2 is 1.85 bits per heavy atom. The van der Waals surface area contributed by atoms with Gasteiger partial charge in [0, 0.05) is 6.54 Å². The zero-order valence-corrected chi connectivity index (χ0v) is 14.9. The highest BCUT2D eigenvalue weighted by molar-refractivity contribution is 5.34. The van der Waals surface area contributed by atoms with E-state index in [9.17, 15) is 0 Å². The van der Waals surface area contributed by atoms with Gasteiger partial charge in [-0.3, -0.25) is 0 Å². The first-order chi connectivity index (χ1) is 12.9. The maximum absolute atomic E-state index is 5.89. The molecule has 26 heavy (non-hydrogen) atoms. The van der Waals surface area contributed by atoms with E-state index in [1.807, 2.05) is 48.5 Å². The minimum absolute atomic E-state index is 0.340. The van der Waals surface area contributed by atoms with Crippen LogP contribution in [0.3, 0.4) is 0 Å². The Morgan fingerprint density at radius 3 is 2.69 bits per heavy atom. The van der Waals surface area contributed by atoms with Gasteiger partial charge in [-0.25, -0.2) is 0 Å². The van der Waals surface area contributed by atoms with Gasteiger partial charge in [0.2, 0.25) is 0 Å². The van der Waals surface area contributed by atoms with Crippen molar-refractivity contribution in [3.05, 3.63) is 60.2 Å². The maximum Gasteiger partial charge on any atom is 0.345 e. The summed E-state index contributed by atoms with van der Waals surface area (Å²) in [6.07, 6.45) is 1.11. The van der Waals surface area contributed by atoms with Crippen LogP contribution >= 0.6 is 0 Å². The summed E-state index contributed by atoms with van der Waals surface area (Å²) in [5.41, 5.74) is 2.01. The molecule has 0 atom stereocenters. The Balaban J connectivity index is 1.59. The molecule has 3 rings (SSSR count). The molecular weight excluding hydrogens is 328 g/mol. The van der Waals surface area contributed by atoms with Crippen molar-refractivity contribution in [1.82, 2.24) is 30.8 Å². The largest absolute Gasteiger partial charge is 0.423 e. The fraction of sp³-hybridized carbons (Fsp3) is 0.316. The van der Waals surface area contributed by atoms with Crippen LogP contribution in [0.2, 0.25) is 0 Å². The summed E-state index contributed by atoms with van der Waals surface area (Å²) < 4.78 is 7.47. The van der Waals surface area contributed by atoms with E-state index in [4.69, 9.17) is 4.74 Å². The molecule has 2 N–H and O–H groups in total. The number of rotatable bonds is 10. The lowest BCUT2D eigenvalue weighted by Crippen LogP contribution is -2.21. The number of ether oxygens (including phenoxy) is 1. The van der Waals surface area contributed by atoms with Crippen molar-refractivity contribution in [3.63, 3.8) is 0 Å². The summed E-state index contributed by atoms with van der Waals surface area (Å²) in [5.74, 6) is 0.712. The number of nitrogens with one attached hydrogen (secondary N) is 2. The Hall–Kier alpha value is -2.77. The SMILES string of the molecule is CCNCCCNCc1cccc(Oc2nnnn2-c2ccccc2)c1. The number of aromatic nitrogens is 4. The van der Waals surface area contributed by atoms with Crippen LogP contribution in [0.1, 0.15) is 18.9 Å². The minimum Gasteiger partial charge on any atom is -0.423 e. The molecule has 0 aliphatic heterocycles. The quantitative estimate of drug-likeness (QED) is 0.546. The van der Waals surface area contributed by atoms with Gasteiger partial charge in [-0.1, -0.05) is 42.4 Å². The fourth-order valence-electron chi connectivity index (χ4n) is 2.55. The lowest BCUT2D eigenvalue weighted by atomic mass is 10.2. The number of hydrogen-bond donors (Lipinski definition) is 2. The number of para-hydroxylation sites is 1. The second-order valence-electron chi connectivity index (χ2n) is 5.84. The van der Waals surface area contributed by atoms with Crippen molar-refractivity contribution >= 4 is 0 Å². The second kappa shape index (κ2) is 9.65. The molecular formula is C19H24N6O. The lowest BCUT2D eigenvalue weighted by molar-refractivity contribution is 0.426. The van der Waals surface area contributed by atoms with E-state index in [1.165, 1.54) is 0 Å². The van der Waals surface area contributed by atoms with Crippen LogP contribution in [0, 0.1) is 0 Å². The standard InChI is InChI=1S/C19H24N6O/c1-2-20-12-7-13-21-15-16-8-6-11-18(14-16)26-19-22-23-24-25(19)17-9-4-3-5-10-17/h3-6,8-11,14,20-21H,2,7,12-13,15H2,1H3. The molecule has 0 spiro atoms. The van der Waals surface area contributed by atoms with Gasteiger partial charge in [-0.15, -0.1) is 0 Å². The Kier molecular flexibility index (Phi) is 6.69. The summed E-state index contributed by atoms with van der Waals surface area (Å²) >= 11 is 0. The first kappa shape index (κ1) is 18.0. The predicted molar refractivity (Wildman–Crippen MR) is 101 cm³/mol. The molecule has 0 unspecified atom stereocenters. The maximum atomic E-state index is 5.89. The summed E-state index contributed by atoms with van der Waals surface area (Å²) in [5, 5.41) is 18.5. The van der Waals surface area contributed by atoms with Gasteiger partial charge < -0.3 is 15.4 Å². The van der Waals surface area contributed by atoms with Gasteiger partial charge >= 0.3 is 6.01 Å². The third-order valence-electron chi connectivity index (χ3n) is 3.84. The van der Waals surface area contributed by atoms with Crippen LogP contribution in [0.15, 0.2) is 54.6 Å². The highest BCUT2D eigenvalue weighted by Crippen LogP contribution is 2.22. The van der Waals surface area contributed by atoms with Crippen LogP contribution < -0.4 is 15.4 Å². The van der Waals surface area contributed by atoms with Crippen molar-refractivity contribution in [1.29, 1.82) is 0 Å². The van der Waals surface area contributed by atoms with E-state index in [1.54, 1.807) is 4.68 Å². The van der Waals surface area contributed by atoms with Crippen molar-refractivity contribution in [2.24, 2.45) is 0 Å². The van der Waals surface area contributed by atoms with Gasteiger partial charge in [-0.2, -0.15) is 4.68 Å². The normalized spacial score (nSPS) is 10.8. The second-order valence-corrected chi connectivity index (χ2v) is 5.84. The predicted octanol–water partition coefficient (Wildman–Crippen LogP) is 2.54. The molecule has 3 aromatic rings. The van der Waals surface area contributed by atoms with Crippen molar-refractivity contribution in [3.8, 4) is 17.4 Å². The molecule has 2 aromatic carbocycles. The zero-order valence-electron chi connectivity index (χ0n) is 14.9. The van der Waals surface area contributed by atoms with Crippen LogP contribution in [0.4, 0.5) is 0 Å². The number of hydrogen-bond acceptors (Lipinski definition) is 6. The van der Waals surface area contributed by atoms with Crippen molar-refractivity contribution < 1.29 is 4.74 Å². The lowest BCUT2D eigenvalue weighted by Gasteiger charge is -2.09. The molecule has 0 fully saturated rings. The third-order valence-corrected chi connectivity index (χ3v) is 3.84. The number of tetrazole rings is 1. The summed E-state index contributed by atoms with van der Waals surface area (Å²) in [4.78, 5) is 0. The van der Waals surface area contributed by atoms with E-state index < -0.39 is 0 Å². The molecule has 0 amide bonds. The molecule has 136 valence electrons. The van der Waals surface area contributed by atoms with E-state index in [2.05, 4.69) is 39.1 Å². The first-order valence-electron chi connectivity index (χ1n) is 8.89. The van der Waals surface area contributed by atoms with Crippen LogP contribution in [0.5, 0.6) is 11.8 Å². The molecule has 0 aliphatic carbocycles. The molecule has 0 saturated carbocycles. The average Bonchev–Trinajstić information content (AvgIpc) is 3.14. The summed E-state index contributed by atoms with van der Waals surface area (Å²) in [6.45, 7) is 5.95. The highest BCUT2D eigenvalue weighted by atomic mass is 16.5. The number of benzene rings is 2. The third kappa shape index (κ3) is 5.11. The minimum atomic E-state index is 0.340. The van der Waals surface area contributed by atoms with Crippen molar-refractivity contribution in [2.75, 3.05) is 19.6 Å². The Morgan fingerprint density at radius 1 is 1.00 bits per heavy atom. The topological polar surface area (TPSA) is 76.9 Å². The van der Waals surface area contributed by atoms with Crippen LogP contribution in [0.25, 0.3) is 5.69 Å². The molecule has 0 aliphatic rings. The van der Waals surface area contributed by atoms with E-state index in [0.717, 1.165) is 43.9 Å². The summed E-state index contributed by atoms with van der Waals surface area (Å²) in [6, 6.07) is 18.0. The van der Waals surface area contributed by atoms with Gasteiger partial charge in [0.25, 0.3) is 0 Å². The van der Waals surface area contributed by atoms with Gasteiger partial charge in [-0.05, 0) is 66.3 Å². The van der Waals surface area contributed by atoms with E-state index >= 15 is 0 Å². The van der Waals surface area contributed by atoms with E-state index in [0.29, 0.717) is 11.8 Å². The number of nitrogens with zero attached hydrogens (tertiary/aromatic N) is 4.